The van der Waals surface area contributed by atoms with E-state index in [0.717, 1.165) is 17.7 Å². The number of nitrogens with zero attached hydrogens (tertiary/aromatic N) is 2. The highest BCUT2D eigenvalue weighted by Crippen LogP contribution is 2.36. The molecule has 1 amide bonds. The normalized spacial score (nSPS) is 14.8. The first-order valence-electron chi connectivity index (χ1n) is 11.3. The SMILES string of the molecule is COC(=O)c1c(-c2ccc(OC)cc2)csc1NC(=O)CN1CCN(S(=O)(=O)c2ccc(F)cc2)CC1. The van der Waals surface area contributed by atoms with E-state index in [1.807, 2.05) is 17.0 Å². The number of sulfonamides is 1. The zero-order valence-electron chi connectivity index (χ0n) is 20.3. The summed E-state index contributed by atoms with van der Waals surface area (Å²) in [4.78, 5) is 27.3. The minimum absolute atomic E-state index is 0.0285. The highest BCUT2D eigenvalue weighted by atomic mass is 32.2. The molecule has 0 unspecified atom stereocenters. The molecule has 0 radical (unpaired) electrons. The van der Waals surface area contributed by atoms with Crippen molar-refractivity contribution in [3.05, 3.63) is 65.3 Å². The van der Waals surface area contributed by atoms with Crippen LogP contribution in [-0.2, 0) is 19.6 Å². The van der Waals surface area contributed by atoms with Gasteiger partial charge in [-0.05, 0) is 42.0 Å². The van der Waals surface area contributed by atoms with Crippen molar-refractivity contribution in [1.29, 1.82) is 0 Å². The lowest BCUT2D eigenvalue weighted by Crippen LogP contribution is -2.50. The largest absolute Gasteiger partial charge is 0.497 e. The molecule has 37 heavy (non-hydrogen) atoms. The first kappa shape index (κ1) is 26.7. The Morgan fingerprint density at radius 1 is 1.00 bits per heavy atom. The number of amides is 1. The van der Waals surface area contributed by atoms with Gasteiger partial charge in [-0.1, -0.05) is 12.1 Å². The molecule has 1 N–H and O–H groups in total. The lowest BCUT2D eigenvalue weighted by molar-refractivity contribution is -0.117. The van der Waals surface area contributed by atoms with Crippen molar-refractivity contribution in [1.82, 2.24) is 9.21 Å². The van der Waals surface area contributed by atoms with E-state index in [4.69, 9.17) is 9.47 Å². The fourth-order valence-electron chi connectivity index (χ4n) is 3.99. The van der Waals surface area contributed by atoms with Crippen LogP contribution in [0.3, 0.4) is 0 Å². The third-order valence-corrected chi connectivity index (χ3v) is 8.79. The summed E-state index contributed by atoms with van der Waals surface area (Å²) in [7, 11) is -0.896. The van der Waals surface area contributed by atoms with E-state index >= 15 is 0 Å². The number of nitrogens with one attached hydrogen (secondary N) is 1. The predicted octanol–water partition coefficient (Wildman–Crippen LogP) is 3.29. The minimum Gasteiger partial charge on any atom is -0.497 e. The van der Waals surface area contributed by atoms with Gasteiger partial charge in [-0.2, -0.15) is 4.31 Å². The summed E-state index contributed by atoms with van der Waals surface area (Å²) in [5.41, 5.74) is 1.67. The van der Waals surface area contributed by atoms with Gasteiger partial charge in [0.1, 0.15) is 22.1 Å². The number of halogens is 1. The van der Waals surface area contributed by atoms with Gasteiger partial charge in [0.15, 0.2) is 0 Å². The number of carbonyl (C=O) groups is 2. The number of thiophene rings is 1. The Labute approximate surface area is 218 Å². The van der Waals surface area contributed by atoms with E-state index in [-0.39, 0.29) is 36.0 Å². The Balaban J connectivity index is 1.40. The van der Waals surface area contributed by atoms with Crippen LogP contribution in [0.15, 0.2) is 58.8 Å². The molecule has 0 bridgehead atoms. The van der Waals surface area contributed by atoms with Crippen molar-refractivity contribution in [3.63, 3.8) is 0 Å². The molecule has 1 fully saturated rings. The summed E-state index contributed by atoms with van der Waals surface area (Å²) in [6.45, 7) is 1.11. The average molecular weight is 548 g/mol. The van der Waals surface area contributed by atoms with Crippen molar-refractivity contribution < 1.29 is 31.9 Å². The first-order chi connectivity index (χ1) is 17.7. The molecule has 9 nitrogen and oxygen atoms in total. The maximum absolute atomic E-state index is 13.2. The summed E-state index contributed by atoms with van der Waals surface area (Å²) in [6.07, 6.45) is 0. The zero-order chi connectivity index (χ0) is 26.6. The molecule has 0 spiro atoms. The van der Waals surface area contributed by atoms with Crippen molar-refractivity contribution >= 4 is 38.2 Å². The second-order valence-electron chi connectivity index (χ2n) is 8.26. The van der Waals surface area contributed by atoms with E-state index in [9.17, 15) is 22.4 Å². The van der Waals surface area contributed by atoms with Crippen molar-refractivity contribution in [2.75, 3.05) is 52.3 Å². The summed E-state index contributed by atoms with van der Waals surface area (Å²) >= 11 is 1.22. The number of methoxy groups -OCH3 is 2. The van der Waals surface area contributed by atoms with Crippen molar-refractivity contribution in [3.8, 4) is 16.9 Å². The summed E-state index contributed by atoms with van der Waals surface area (Å²) in [5.74, 6) is -0.727. The van der Waals surface area contributed by atoms with Gasteiger partial charge in [0.2, 0.25) is 15.9 Å². The molecule has 1 aromatic heterocycles. The Morgan fingerprint density at radius 3 is 2.24 bits per heavy atom. The van der Waals surface area contributed by atoms with Gasteiger partial charge >= 0.3 is 5.97 Å². The molecule has 2 heterocycles. The lowest BCUT2D eigenvalue weighted by atomic mass is 10.0. The molecule has 12 heteroatoms. The molecular formula is C25H26FN3O6S2. The van der Waals surface area contributed by atoms with E-state index in [2.05, 4.69) is 5.32 Å². The van der Waals surface area contributed by atoms with Gasteiger partial charge in [0.25, 0.3) is 0 Å². The predicted molar refractivity (Wildman–Crippen MR) is 138 cm³/mol. The van der Waals surface area contributed by atoms with Crippen LogP contribution in [0.1, 0.15) is 10.4 Å². The Hall–Kier alpha value is -3.32. The van der Waals surface area contributed by atoms with Crippen LogP contribution in [0.25, 0.3) is 11.1 Å². The van der Waals surface area contributed by atoms with Gasteiger partial charge < -0.3 is 14.8 Å². The molecule has 0 atom stereocenters. The van der Waals surface area contributed by atoms with Crippen LogP contribution in [0.2, 0.25) is 0 Å². The molecule has 1 aliphatic rings. The molecule has 4 rings (SSSR count). The molecular weight excluding hydrogens is 521 g/mol. The number of hydrogen-bond donors (Lipinski definition) is 1. The second kappa shape index (κ2) is 11.4. The Bertz CT molecular complexity index is 1370. The van der Waals surface area contributed by atoms with E-state index in [1.54, 1.807) is 24.6 Å². The molecule has 196 valence electrons. The highest BCUT2D eigenvalue weighted by Gasteiger charge is 2.29. The number of esters is 1. The van der Waals surface area contributed by atoms with Crippen LogP contribution >= 0.6 is 11.3 Å². The molecule has 0 aliphatic carbocycles. The van der Waals surface area contributed by atoms with Gasteiger partial charge in [0.05, 0.1) is 25.7 Å². The smallest absolute Gasteiger partial charge is 0.341 e. The zero-order valence-corrected chi connectivity index (χ0v) is 21.9. The summed E-state index contributed by atoms with van der Waals surface area (Å²) < 4.78 is 50.3. The van der Waals surface area contributed by atoms with Gasteiger partial charge in [-0.15, -0.1) is 11.3 Å². The number of carbonyl (C=O) groups excluding carboxylic acids is 2. The van der Waals surface area contributed by atoms with Gasteiger partial charge in [0, 0.05) is 37.1 Å². The highest BCUT2D eigenvalue weighted by molar-refractivity contribution is 7.89. The van der Waals surface area contributed by atoms with E-state index in [1.165, 1.54) is 34.9 Å². The molecule has 2 aromatic carbocycles. The molecule has 3 aromatic rings. The minimum atomic E-state index is -3.74. The average Bonchev–Trinajstić information content (AvgIpc) is 3.32. The number of piperazine rings is 1. The number of benzene rings is 2. The second-order valence-corrected chi connectivity index (χ2v) is 11.1. The van der Waals surface area contributed by atoms with Crippen LogP contribution in [-0.4, -0.2) is 76.4 Å². The fraction of sp³-hybridized carbons (Fsp3) is 0.280. The topological polar surface area (TPSA) is 105 Å². The quantitative estimate of drug-likeness (QED) is 0.432. The molecule has 0 saturated carbocycles. The van der Waals surface area contributed by atoms with E-state index < -0.39 is 21.8 Å². The van der Waals surface area contributed by atoms with Crippen LogP contribution in [0.4, 0.5) is 9.39 Å². The van der Waals surface area contributed by atoms with Crippen LogP contribution in [0.5, 0.6) is 5.75 Å². The summed E-state index contributed by atoms with van der Waals surface area (Å²) in [5, 5.41) is 4.96. The third-order valence-electron chi connectivity index (χ3n) is 5.98. The van der Waals surface area contributed by atoms with E-state index in [0.29, 0.717) is 29.4 Å². The van der Waals surface area contributed by atoms with Crippen molar-refractivity contribution in [2.45, 2.75) is 4.90 Å². The maximum atomic E-state index is 13.2. The number of anilines is 1. The number of rotatable bonds is 8. The van der Waals surface area contributed by atoms with Crippen LogP contribution < -0.4 is 10.1 Å². The van der Waals surface area contributed by atoms with Gasteiger partial charge in [-0.3, -0.25) is 9.69 Å². The standard InChI is InChI=1S/C25H26FN3O6S2/c1-34-19-7-3-17(4-8-19)21-16-36-24(23(21)25(31)35-2)27-22(30)15-28-11-13-29(14-12-28)37(32,33)20-9-5-18(26)6-10-20/h3-10,16H,11-15H2,1-2H3,(H,27,30). The number of hydrogen-bond acceptors (Lipinski definition) is 8. The third kappa shape index (κ3) is 5.99. The Kier molecular flexibility index (Phi) is 8.22. The van der Waals surface area contributed by atoms with Crippen LogP contribution in [0, 0.1) is 5.82 Å². The van der Waals surface area contributed by atoms with Crippen molar-refractivity contribution in [2.24, 2.45) is 0 Å². The maximum Gasteiger partial charge on any atom is 0.341 e. The fourth-order valence-corrected chi connectivity index (χ4v) is 6.39. The molecule has 1 saturated heterocycles. The Morgan fingerprint density at radius 2 is 1.65 bits per heavy atom. The first-order valence-corrected chi connectivity index (χ1v) is 13.7. The lowest BCUT2D eigenvalue weighted by Gasteiger charge is -2.33. The summed E-state index contributed by atoms with van der Waals surface area (Å²) in [6, 6.07) is 11.9. The molecule has 1 aliphatic heterocycles. The van der Waals surface area contributed by atoms with Gasteiger partial charge in [-0.25, -0.2) is 17.6 Å². The monoisotopic (exact) mass is 547 g/mol. The number of ether oxygens (including phenoxy) is 2.